The molecule has 0 fully saturated rings. The second-order valence-corrected chi connectivity index (χ2v) is 7.18. The van der Waals surface area contributed by atoms with Gasteiger partial charge in [-0.2, -0.15) is 0 Å². The molecule has 2 aromatic rings. The van der Waals surface area contributed by atoms with Crippen LogP contribution in [-0.4, -0.2) is 15.5 Å². The van der Waals surface area contributed by atoms with Gasteiger partial charge in [0, 0.05) is 12.1 Å². The van der Waals surface area contributed by atoms with Gasteiger partial charge in [-0.3, -0.25) is 4.31 Å². The Morgan fingerprint density at radius 2 is 1.45 bits per heavy atom. The lowest BCUT2D eigenvalue weighted by Crippen LogP contribution is -2.26. The van der Waals surface area contributed by atoms with Gasteiger partial charge in [0.25, 0.3) is 10.0 Å². The van der Waals surface area contributed by atoms with Crippen LogP contribution in [0.15, 0.2) is 47.4 Å². The first-order valence-electron chi connectivity index (χ1n) is 6.13. The average Bonchev–Trinajstić information content (AvgIpc) is 2.37. The maximum atomic E-state index is 12.5. The molecule has 2 aromatic carbocycles. The lowest BCUT2D eigenvalue weighted by Gasteiger charge is -2.20. The minimum Gasteiger partial charge on any atom is -0.269 e. The molecule has 3 nitrogen and oxygen atoms in total. The molecule has 0 aliphatic rings. The summed E-state index contributed by atoms with van der Waals surface area (Å²) in [4.78, 5) is 0.226. The van der Waals surface area contributed by atoms with Crippen molar-refractivity contribution < 1.29 is 8.42 Å². The number of anilines is 1. The Bertz CT molecular complexity index is 704. The van der Waals surface area contributed by atoms with Gasteiger partial charge in [0.15, 0.2) is 0 Å². The second-order valence-electron chi connectivity index (χ2n) is 4.77. The molecule has 0 radical (unpaired) electrons. The average molecular weight is 310 g/mol. The zero-order chi connectivity index (χ0) is 14.9. The molecule has 0 bridgehead atoms. The number of sulfonamides is 1. The zero-order valence-electron chi connectivity index (χ0n) is 11.6. The van der Waals surface area contributed by atoms with Crippen LogP contribution in [0.4, 0.5) is 5.69 Å². The van der Waals surface area contributed by atoms with Gasteiger partial charge in [0.2, 0.25) is 0 Å². The van der Waals surface area contributed by atoms with E-state index in [9.17, 15) is 8.42 Å². The lowest BCUT2D eigenvalue weighted by atomic mass is 10.1. The molecule has 0 heterocycles. The fraction of sp³-hybridized carbons (Fsp3) is 0.200. The molecule has 0 aliphatic carbocycles. The van der Waals surface area contributed by atoms with Crippen molar-refractivity contribution in [2.24, 2.45) is 0 Å². The number of hydrogen-bond donors (Lipinski definition) is 0. The van der Waals surface area contributed by atoms with Crippen LogP contribution in [0.2, 0.25) is 5.02 Å². The van der Waals surface area contributed by atoms with Crippen molar-refractivity contribution in [3.63, 3.8) is 0 Å². The summed E-state index contributed by atoms with van der Waals surface area (Å²) in [5.41, 5.74) is 2.70. The number of nitrogens with zero attached hydrogens (tertiary/aromatic N) is 1. The fourth-order valence-corrected chi connectivity index (χ4v) is 3.34. The van der Waals surface area contributed by atoms with Crippen molar-refractivity contribution in [1.29, 1.82) is 0 Å². The van der Waals surface area contributed by atoms with E-state index in [2.05, 4.69) is 0 Å². The predicted molar refractivity (Wildman–Crippen MR) is 83.0 cm³/mol. The van der Waals surface area contributed by atoms with Gasteiger partial charge in [-0.05, 0) is 61.4 Å². The molecular weight excluding hydrogens is 294 g/mol. The molecule has 0 amide bonds. The largest absolute Gasteiger partial charge is 0.269 e. The Morgan fingerprint density at radius 1 is 0.950 bits per heavy atom. The summed E-state index contributed by atoms with van der Waals surface area (Å²) in [6.07, 6.45) is 0. The van der Waals surface area contributed by atoms with Crippen LogP contribution in [0.1, 0.15) is 11.1 Å². The molecule has 0 unspecified atom stereocenters. The van der Waals surface area contributed by atoms with Crippen LogP contribution in [0.5, 0.6) is 0 Å². The maximum Gasteiger partial charge on any atom is 0.264 e. The molecule has 0 aliphatic heterocycles. The van der Waals surface area contributed by atoms with E-state index in [0.717, 1.165) is 11.1 Å². The van der Waals surface area contributed by atoms with E-state index in [1.165, 1.54) is 16.4 Å². The first kappa shape index (κ1) is 14.9. The summed E-state index contributed by atoms with van der Waals surface area (Å²) in [6, 6.07) is 11.9. The summed E-state index contributed by atoms with van der Waals surface area (Å²) < 4.78 is 26.4. The highest BCUT2D eigenvalue weighted by atomic mass is 35.5. The van der Waals surface area contributed by atoms with Gasteiger partial charge in [-0.1, -0.05) is 17.7 Å². The SMILES string of the molecule is Cc1cc(C)cc(N(C)S(=O)(=O)c2ccc(Cl)cc2)c1. The van der Waals surface area contributed by atoms with Gasteiger partial charge >= 0.3 is 0 Å². The van der Waals surface area contributed by atoms with Crippen molar-refractivity contribution in [2.45, 2.75) is 18.7 Å². The Hall–Kier alpha value is -1.52. The standard InChI is InChI=1S/C15H16ClNO2S/c1-11-8-12(2)10-14(9-11)17(3)20(18,19)15-6-4-13(16)5-7-15/h4-10H,1-3H3. The predicted octanol–water partition coefficient (Wildman–Crippen LogP) is 3.78. The van der Waals surface area contributed by atoms with Crippen LogP contribution in [0.25, 0.3) is 0 Å². The molecule has 0 atom stereocenters. The van der Waals surface area contributed by atoms with Crippen LogP contribution in [-0.2, 0) is 10.0 Å². The smallest absolute Gasteiger partial charge is 0.264 e. The second kappa shape index (κ2) is 5.46. The van der Waals surface area contributed by atoms with Gasteiger partial charge in [-0.15, -0.1) is 0 Å². The normalized spacial score (nSPS) is 11.4. The van der Waals surface area contributed by atoms with Crippen molar-refractivity contribution in [3.05, 3.63) is 58.6 Å². The third kappa shape index (κ3) is 2.97. The number of halogens is 1. The van der Waals surface area contributed by atoms with Crippen LogP contribution < -0.4 is 4.31 Å². The first-order valence-corrected chi connectivity index (χ1v) is 7.95. The Balaban J connectivity index is 2.45. The van der Waals surface area contributed by atoms with E-state index in [4.69, 9.17) is 11.6 Å². The highest BCUT2D eigenvalue weighted by Gasteiger charge is 2.21. The quantitative estimate of drug-likeness (QED) is 0.865. The molecule has 0 N–H and O–H groups in total. The summed E-state index contributed by atoms with van der Waals surface area (Å²) in [7, 11) is -2.01. The minimum atomic E-state index is -3.57. The van der Waals surface area contributed by atoms with Gasteiger partial charge in [-0.25, -0.2) is 8.42 Å². The Labute approximate surface area is 124 Å². The van der Waals surface area contributed by atoms with Crippen LogP contribution in [0, 0.1) is 13.8 Å². The van der Waals surface area contributed by atoms with Gasteiger partial charge in [0.1, 0.15) is 0 Å². The molecule has 0 aromatic heterocycles. The highest BCUT2D eigenvalue weighted by molar-refractivity contribution is 7.92. The Morgan fingerprint density at radius 3 is 1.95 bits per heavy atom. The van der Waals surface area contributed by atoms with E-state index >= 15 is 0 Å². The summed E-state index contributed by atoms with van der Waals surface area (Å²) in [5, 5.41) is 0.512. The maximum absolute atomic E-state index is 12.5. The third-order valence-electron chi connectivity index (χ3n) is 3.04. The topological polar surface area (TPSA) is 37.4 Å². The molecule has 0 saturated heterocycles. The van der Waals surface area contributed by atoms with E-state index in [0.29, 0.717) is 10.7 Å². The van der Waals surface area contributed by atoms with Crippen molar-refractivity contribution in [1.82, 2.24) is 0 Å². The number of aryl methyl sites for hydroxylation is 2. The zero-order valence-corrected chi connectivity index (χ0v) is 13.2. The molecule has 0 spiro atoms. The third-order valence-corrected chi connectivity index (χ3v) is 5.09. The van der Waals surface area contributed by atoms with Crippen molar-refractivity contribution in [2.75, 3.05) is 11.4 Å². The summed E-state index contributed by atoms with van der Waals surface area (Å²) >= 11 is 5.79. The van der Waals surface area contributed by atoms with Crippen molar-refractivity contribution >= 4 is 27.3 Å². The van der Waals surface area contributed by atoms with E-state index in [1.807, 2.05) is 32.0 Å². The van der Waals surface area contributed by atoms with E-state index in [1.54, 1.807) is 19.2 Å². The molecule has 106 valence electrons. The highest BCUT2D eigenvalue weighted by Crippen LogP contribution is 2.25. The van der Waals surface area contributed by atoms with Crippen molar-refractivity contribution in [3.8, 4) is 0 Å². The number of rotatable bonds is 3. The number of hydrogen-bond acceptors (Lipinski definition) is 2. The first-order chi connectivity index (χ1) is 9.30. The number of benzene rings is 2. The monoisotopic (exact) mass is 309 g/mol. The molecular formula is C15H16ClNO2S. The summed E-state index contributed by atoms with van der Waals surface area (Å²) in [5.74, 6) is 0. The van der Waals surface area contributed by atoms with Gasteiger partial charge < -0.3 is 0 Å². The van der Waals surface area contributed by atoms with Gasteiger partial charge in [0.05, 0.1) is 10.6 Å². The molecule has 0 saturated carbocycles. The minimum absolute atomic E-state index is 0.226. The Kier molecular flexibility index (Phi) is 4.06. The van der Waals surface area contributed by atoms with Crippen LogP contribution in [0.3, 0.4) is 0 Å². The molecule has 5 heteroatoms. The molecule has 20 heavy (non-hydrogen) atoms. The summed E-state index contributed by atoms with van der Waals surface area (Å²) in [6.45, 7) is 3.89. The van der Waals surface area contributed by atoms with E-state index in [-0.39, 0.29) is 4.90 Å². The lowest BCUT2D eigenvalue weighted by molar-refractivity contribution is 0.594. The van der Waals surface area contributed by atoms with E-state index < -0.39 is 10.0 Å². The fourth-order valence-electron chi connectivity index (χ4n) is 2.04. The van der Waals surface area contributed by atoms with Crippen LogP contribution >= 0.6 is 11.6 Å². The molecule has 2 rings (SSSR count).